The van der Waals surface area contributed by atoms with Crippen LogP contribution in [0.1, 0.15) is 22.9 Å². The van der Waals surface area contributed by atoms with Gasteiger partial charge in [-0.2, -0.15) is 0 Å². The fourth-order valence-corrected chi connectivity index (χ4v) is 2.95. The number of anilines is 1. The van der Waals surface area contributed by atoms with Crippen LogP contribution in [0, 0.1) is 6.92 Å². The van der Waals surface area contributed by atoms with Gasteiger partial charge in [0.15, 0.2) is 11.5 Å². The summed E-state index contributed by atoms with van der Waals surface area (Å²) in [5, 5.41) is 7.63. The van der Waals surface area contributed by atoms with Crippen LogP contribution in [0.5, 0.6) is 17.2 Å². The second-order valence-electron chi connectivity index (χ2n) is 5.80. The van der Waals surface area contributed by atoms with E-state index in [1.54, 1.807) is 28.4 Å². The molecule has 0 radical (unpaired) electrons. The number of nitrogens with zero attached hydrogens (tertiary/aromatic N) is 1. The predicted octanol–water partition coefficient (Wildman–Crippen LogP) is 0.188. The van der Waals surface area contributed by atoms with Crippen LogP contribution in [-0.2, 0) is 6.54 Å². The summed E-state index contributed by atoms with van der Waals surface area (Å²) in [6.07, 6.45) is -0.574. The number of nitrogens with one attached hydrogen (secondary N) is 1. The molecule has 0 aromatic heterocycles. The predicted molar refractivity (Wildman–Crippen MR) is 105 cm³/mol. The fourth-order valence-electron chi connectivity index (χ4n) is 2.95. The maximum absolute atomic E-state index is 5.93. The molecule has 0 spiro atoms. The molecule has 0 aliphatic carbocycles. The van der Waals surface area contributed by atoms with Gasteiger partial charge in [-0.3, -0.25) is 0 Å². The molecular weight excluding hydrogens is 371 g/mol. The third-order valence-electron chi connectivity index (χ3n) is 4.33. The third-order valence-corrected chi connectivity index (χ3v) is 4.33. The molecule has 0 unspecified atom stereocenters. The van der Waals surface area contributed by atoms with Crippen LogP contribution in [0.4, 0.5) is 11.4 Å². The first-order valence-electron chi connectivity index (χ1n) is 8.24. The standard InChI is InChI=1S/C19H27N4O3.K/c1-11-12(6-7-14(22-2)17(11)19(20)21)10-23-13-8-15(24-3)18(26-5)16(9-13)25-4;/h6-9,19,23H,10,20-21H2,1-5H3;/q-1;+1. The Hall–Kier alpha value is -1.00. The van der Waals surface area contributed by atoms with Crippen molar-refractivity contribution in [2.45, 2.75) is 19.6 Å². The Morgan fingerprint density at radius 1 is 1.04 bits per heavy atom. The first kappa shape index (κ1) is 24.0. The maximum atomic E-state index is 5.93. The summed E-state index contributed by atoms with van der Waals surface area (Å²) < 4.78 is 16.1. The van der Waals surface area contributed by atoms with Gasteiger partial charge < -0.3 is 36.3 Å². The van der Waals surface area contributed by atoms with E-state index in [1.807, 2.05) is 31.2 Å². The molecule has 5 N–H and O–H groups in total. The molecule has 0 saturated heterocycles. The second kappa shape index (κ2) is 11.1. The molecular formula is C19H27KN4O3. The van der Waals surface area contributed by atoms with Crippen molar-refractivity contribution in [3.8, 4) is 17.2 Å². The van der Waals surface area contributed by atoms with E-state index in [0.29, 0.717) is 23.8 Å². The zero-order valence-electron chi connectivity index (χ0n) is 16.9. The summed E-state index contributed by atoms with van der Waals surface area (Å²) in [6, 6.07) is 7.68. The molecule has 0 heterocycles. The summed E-state index contributed by atoms with van der Waals surface area (Å²) in [5.41, 5.74) is 16.5. The number of nitrogens with two attached hydrogens (primary N) is 2. The molecule has 2 aromatic rings. The quantitative estimate of drug-likeness (QED) is 0.433. The Labute approximate surface area is 203 Å². The van der Waals surface area contributed by atoms with E-state index < -0.39 is 6.17 Å². The smallest absolute Gasteiger partial charge is 0.687 e. The summed E-state index contributed by atoms with van der Waals surface area (Å²) in [6.45, 7) is 2.59. The van der Waals surface area contributed by atoms with Gasteiger partial charge in [-0.05, 0) is 23.6 Å². The zero-order valence-corrected chi connectivity index (χ0v) is 20.0. The van der Waals surface area contributed by atoms with Crippen molar-refractivity contribution in [2.75, 3.05) is 33.7 Å². The van der Waals surface area contributed by atoms with Crippen LogP contribution in [0.3, 0.4) is 0 Å². The van der Waals surface area contributed by atoms with Crippen molar-refractivity contribution < 1.29 is 65.6 Å². The van der Waals surface area contributed by atoms with E-state index in [0.717, 1.165) is 28.1 Å². The van der Waals surface area contributed by atoms with E-state index in [-0.39, 0.29) is 51.4 Å². The largest absolute Gasteiger partial charge is 1.00 e. The SMILES string of the molecule is C[N-]c1ccc(CNc2cc(OC)c(OC)c(OC)c2)c(C)c1C(N)N.[K+]. The molecule has 0 amide bonds. The molecule has 2 rings (SSSR count). The minimum Gasteiger partial charge on any atom is -0.687 e. The van der Waals surface area contributed by atoms with Gasteiger partial charge >= 0.3 is 51.4 Å². The van der Waals surface area contributed by atoms with Crippen molar-refractivity contribution in [3.05, 3.63) is 46.3 Å². The molecule has 0 bridgehead atoms. The Bertz CT molecular complexity index is 744. The Morgan fingerprint density at radius 2 is 1.63 bits per heavy atom. The van der Waals surface area contributed by atoms with Crippen molar-refractivity contribution in [3.63, 3.8) is 0 Å². The summed E-state index contributed by atoms with van der Waals surface area (Å²) in [5.74, 6) is 1.74. The summed E-state index contributed by atoms with van der Waals surface area (Å²) in [7, 11) is 6.49. The minimum absolute atomic E-state index is 0. The summed E-state index contributed by atoms with van der Waals surface area (Å²) in [4.78, 5) is 0. The first-order chi connectivity index (χ1) is 12.5. The van der Waals surface area contributed by atoms with E-state index in [2.05, 4.69) is 10.6 Å². The Balaban J connectivity index is 0.00000364. The molecule has 0 saturated carbocycles. The van der Waals surface area contributed by atoms with Gasteiger partial charge in [0.2, 0.25) is 5.75 Å². The van der Waals surface area contributed by atoms with E-state index in [1.165, 1.54) is 0 Å². The Morgan fingerprint density at radius 3 is 2.07 bits per heavy atom. The molecule has 0 fully saturated rings. The van der Waals surface area contributed by atoms with Crippen LogP contribution in [-0.4, -0.2) is 28.4 Å². The van der Waals surface area contributed by atoms with E-state index in [4.69, 9.17) is 25.7 Å². The van der Waals surface area contributed by atoms with Crippen LogP contribution in [0.25, 0.3) is 5.32 Å². The number of hydrogen-bond donors (Lipinski definition) is 3. The third kappa shape index (κ3) is 5.51. The van der Waals surface area contributed by atoms with Gasteiger partial charge in [0.25, 0.3) is 0 Å². The van der Waals surface area contributed by atoms with Gasteiger partial charge in [-0.15, -0.1) is 12.7 Å². The normalized spacial score (nSPS) is 10.2. The van der Waals surface area contributed by atoms with Crippen molar-refractivity contribution in [1.82, 2.24) is 0 Å². The van der Waals surface area contributed by atoms with Gasteiger partial charge in [-0.25, -0.2) is 0 Å². The van der Waals surface area contributed by atoms with Crippen molar-refractivity contribution in [2.24, 2.45) is 11.5 Å². The number of rotatable bonds is 8. The van der Waals surface area contributed by atoms with E-state index in [9.17, 15) is 0 Å². The average Bonchev–Trinajstić information content (AvgIpc) is 2.65. The number of ether oxygens (including phenoxy) is 3. The molecule has 2 aromatic carbocycles. The summed E-state index contributed by atoms with van der Waals surface area (Å²) >= 11 is 0. The minimum atomic E-state index is -0.574. The van der Waals surface area contributed by atoms with Crippen LogP contribution in [0.15, 0.2) is 24.3 Å². The Kier molecular flexibility index (Phi) is 9.89. The van der Waals surface area contributed by atoms with Gasteiger partial charge in [-0.1, -0.05) is 12.1 Å². The van der Waals surface area contributed by atoms with Crippen LogP contribution >= 0.6 is 0 Å². The first-order valence-corrected chi connectivity index (χ1v) is 8.24. The van der Waals surface area contributed by atoms with Gasteiger partial charge in [0.05, 0.1) is 27.5 Å². The number of benzene rings is 2. The van der Waals surface area contributed by atoms with Crippen molar-refractivity contribution in [1.29, 1.82) is 0 Å². The van der Waals surface area contributed by atoms with E-state index >= 15 is 0 Å². The molecule has 27 heavy (non-hydrogen) atoms. The molecule has 8 heteroatoms. The number of hydrogen-bond acceptors (Lipinski definition) is 6. The molecule has 0 atom stereocenters. The van der Waals surface area contributed by atoms with Gasteiger partial charge in [0.1, 0.15) is 0 Å². The average molecular weight is 399 g/mol. The fraction of sp³-hybridized carbons (Fsp3) is 0.368. The maximum Gasteiger partial charge on any atom is 1.00 e. The molecule has 142 valence electrons. The number of methoxy groups -OCH3 is 3. The topological polar surface area (TPSA) is 106 Å². The monoisotopic (exact) mass is 398 g/mol. The second-order valence-corrected chi connectivity index (χ2v) is 5.80. The van der Waals surface area contributed by atoms with Crippen molar-refractivity contribution >= 4 is 11.4 Å². The molecule has 0 aliphatic heterocycles. The molecule has 7 nitrogen and oxygen atoms in total. The molecule has 0 aliphatic rings. The van der Waals surface area contributed by atoms with Gasteiger partial charge in [0, 0.05) is 24.4 Å². The zero-order chi connectivity index (χ0) is 19.3. The van der Waals surface area contributed by atoms with Crippen LogP contribution < -0.4 is 82.4 Å². The van der Waals surface area contributed by atoms with Crippen LogP contribution in [0.2, 0.25) is 0 Å².